The Bertz CT molecular complexity index is 994. The lowest BCUT2D eigenvalue weighted by Crippen LogP contribution is -2.30. The summed E-state index contributed by atoms with van der Waals surface area (Å²) in [6, 6.07) is 17.3. The third-order valence-corrected chi connectivity index (χ3v) is 5.89. The zero-order valence-electron chi connectivity index (χ0n) is 18.2. The van der Waals surface area contributed by atoms with Crippen LogP contribution in [-0.2, 0) is 13.1 Å². The highest BCUT2D eigenvalue weighted by Gasteiger charge is 2.31. The Hall–Kier alpha value is -2.92. The summed E-state index contributed by atoms with van der Waals surface area (Å²) in [5.41, 5.74) is 4.95. The molecule has 0 fully saturated rings. The summed E-state index contributed by atoms with van der Waals surface area (Å²) in [5.74, 6) is 2.03. The van der Waals surface area contributed by atoms with Gasteiger partial charge in [-0.05, 0) is 43.2 Å². The maximum Gasteiger partial charge on any atom is 0.203 e. The van der Waals surface area contributed by atoms with E-state index < -0.39 is 0 Å². The van der Waals surface area contributed by atoms with Crippen molar-refractivity contribution in [3.8, 4) is 17.2 Å². The zero-order chi connectivity index (χ0) is 21.1. The molecule has 2 aromatic carbocycles. The van der Waals surface area contributed by atoms with Crippen LogP contribution in [0.3, 0.4) is 0 Å². The number of hydrogen-bond acceptors (Lipinski definition) is 4. The van der Waals surface area contributed by atoms with Gasteiger partial charge in [-0.2, -0.15) is 0 Å². The minimum Gasteiger partial charge on any atom is -0.493 e. The minimum atomic E-state index is 0.0542. The molecule has 30 heavy (non-hydrogen) atoms. The fourth-order valence-corrected chi connectivity index (χ4v) is 4.43. The first-order valence-electron chi connectivity index (χ1n) is 10.4. The number of methoxy groups -OCH3 is 3. The zero-order valence-corrected chi connectivity index (χ0v) is 18.2. The summed E-state index contributed by atoms with van der Waals surface area (Å²) < 4.78 is 19.4. The first-order valence-corrected chi connectivity index (χ1v) is 10.4. The van der Waals surface area contributed by atoms with Crippen molar-refractivity contribution in [3.05, 3.63) is 77.1 Å². The number of benzene rings is 2. The fourth-order valence-electron chi connectivity index (χ4n) is 4.43. The molecule has 5 nitrogen and oxygen atoms in total. The largest absolute Gasteiger partial charge is 0.493 e. The molecule has 0 saturated heterocycles. The Morgan fingerprint density at radius 3 is 2.33 bits per heavy atom. The lowest BCUT2D eigenvalue weighted by atomic mass is 9.98. The SMILES string of the molecule is COc1ccc(C2c3cccn3CCCN2Cc2ccc(C)cc2)c(OC)c1OC. The molecule has 158 valence electrons. The van der Waals surface area contributed by atoms with Gasteiger partial charge in [-0.25, -0.2) is 0 Å². The summed E-state index contributed by atoms with van der Waals surface area (Å²) in [6.07, 6.45) is 3.27. The maximum absolute atomic E-state index is 5.87. The van der Waals surface area contributed by atoms with E-state index in [1.165, 1.54) is 16.8 Å². The molecule has 1 aliphatic heterocycles. The predicted molar refractivity (Wildman–Crippen MR) is 119 cm³/mol. The van der Waals surface area contributed by atoms with Gasteiger partial charge < -0.3 is 18.8 Å². The van der Waals surface area contributed by atoms with Crippen LogP contribution in [0.4, 0.5) is 0 Å². The summed E-state index contributed by atoms with van der Waals surface area (Å²) in [5, 5.41) is 0. The van der Waals surface area contributed by atoms with Gasteiger partial charge in [0.15, 0.2) is 11.5 Å². The summed E-state index contributed by atoms with van der Waals surface area (Å²) in [6.45, 7) is 5.00. The van der Waals surface area contributed by atoms with Crippen molar-refractivity contribution in [2.24, 2.45) is 0 Å². The Morgan fingerprint density at radius 2 is 1.63 bits per heavy atom. The highest BCUT2D eigenvalue weighted by Crippen LogP contribution is 2.46. The Labute approximate surface area is 178 Å². The average Bonchev–Trinajstić information content (AvgIpc) is 3.16. The van der Waals surface area contributed by atoms with Crippen LogP contribution in [0.5, 0.6) is 17.2 Å². The van der Waals surface area contributed by atoms with Crippen molar-refractivity contribution in [2.75, 3.05) is 27.9 Å². The van der Waals surface area contributed by atoms with Crippen molar-refractivity contribution >= 4 is 0 Å². The Morgan fingerprint density at radius 1 is 0.867 bits per heavy atom. The van der Waals surface area contributed by atoms with Gasteiger partial charge >= 0.3 is 0 Å². The van der Waals surface area contributed by atoms with Crippen LogP contribution in [0.1, 0.15) is 34.8 Å². The second kappa shape index (κ2) is 8.84. The normalized spacial score (nSPS) is 16.6. The van der Waals surface area contributed by atoms with Crippen LogP contribution >= 0.6 is 0 Å². The topological polar surface area (TPSA) is 35.9 Å². The predicted octanol–water partition coefficient (Wildman–Crippen LogP) is 4.82. The number of rotatable bonds is 6. The molecule has 4 rings (SSSR count). The third-order valence-electron chi connectivity index (χ3n) is 5.89. The van der Waals surface area contributed by atoms with E-state index in [4.69, 9.17) is 14.2 Å². The van der Waals surface area contributed by atoms with E-state index in [2.05, 4.69) is 65.1 Å². The van der Waals surface area contributed by atoms with E-state index in [1.807, 2.05) is 6.07 Å². The first kappa shape index (κ1) is 20.4. The molecule has 0 amide bonds. The number of hydrogen-bond donors (Lipinski definition) is 0. The Kier molecular flexibility index (Phi) is 6.00. The molecule has 0 N–H and O–H groups in total. The molecular formula is C25H30N2O3. The van der Waals surface area contributed by atoms with Gasteiger partial charge in [0, 0.05) is 37.1 Å². The van der Waals surface area contributed by atoms with Crippen LogP contribution in [0.15, 0.2) is 54.7 Å². The van der Waals surface area contributed by atoms with Gasteiger partial charge in [0.2, 0.25) is 5.75 Å². The lowest BCUT2D eigenvalue weighted by Gasteiger charge is -2.32. The van der Waals surface area contributed by atoms with Crippen molar-refractivity contribution < 1.29 is 14.2 Å². The van der Waals surface area contributed by atoms with E-state index >= 15 is 0 Å². The van der Waals surface area contributed by atoms with E-state index in [-0.39, 0.29) is 6.04 Å². The molecule has 1 unspecified atom stereocenters. The molecule has 2 heterocycles. The summed E-state index contributed by atoms with van der Waals surface area (Å²) in [7, 11) is 5.00. The second-order valence-corrected chi connectivity index (χ2v) is 7.76. The maximum atomic E-state index is 5.87. The lowest BCUT2D eigenvalue weighted by molar-refractivity contribution is 0.214. The van der Waals surface area contributed by atoms with Gasteiger partial charge in [0.1, 0.15) is 0 Å². The van der Waals surface area contributed by atoms with Crippen molar-refractivity contribution in [1.82, 2.24) is 9.47 Å². The molecule has 1 aromatic heterocycles. The van der Waals surface area contributed by atoms with Crippen molar-refractivity contribution in [1.29, 1.82) is 0 Å². The number of aromatic nitrogens is 1. The standard InChI is InChI=1S/C25H30N2O3/c1-18-8-10-19(11-9-18)17-27-16-6-15-26-14-5-7-21(26)23(27)20-12-13-22(28-2)25(30-4)24(20)29-3/h5,7-14,23H,6,15-17H2,1-4H3. The van der Waals surface area contributed by atoms with Crippen LogP contribution < -0.4 is 14.2 Å². The number of fused-ring (bicyclic) bond motifs is 1. The Balaban J connectivity index is 1.83. The van der Waals surface area contributed by atoms with Gasteiger partial charge in [0.05, 0.1) is 27.4 Å². The quantitative estimate of drug-likeness (QED) is 0.588. The van der Waals surface area contributed by atoms with Crippen LogP contribution in [0.25, 0.3) is 0 Å². The molecule has 1 atom stereocenters. The van der Waals surface area contributed by atoms with E-state index in [9.17, 15) is 0 Å². The smallest absolute Gasteiger partial charge is 0.203 e. The monoisotopic (exact) mass is 406 g/mol. The average molecular weight is 407 g/mol. The fraction of sp³-hybridized carbons (Fsp3) is 0.360. The van der Waals surface area contributed by atoms with Crippen LogP contribution in [0, 0.1) is 6.92 Å². The molecule has 0 spiro atoms. The summed E-state index contributed by atoms with van der Waals surface area (Å²) in [4.78, 5) is 2.53. The third kappa shape index (κ3) is 3.77. The molecular weight excluding hydrogens is 376 g/mol. The van der Waals surface area contributed by atoms with Crippen LogP contribution in [0.2, 0.25) is 0 Å². The second-order valence-electron chi connectivity index (χ2n) is 7.76. The van der Waals surface area contributed by atoms with Crippen molar-refractivity contribution in [2.45, 2.75) is 32.5 Å². The van der Waals surface area contributed by atoms with Crippen molar-refractivity contribution in [3.63, 3.8) is 0 Å². The van der Waals surface area contributed by atoms with E-state index in [0.717, 1.165) is 37.4 Å². The van der Waals surface area contributed by atoms with Gasteiger partial charge in [-0.15, -0.1) is 0 Å². The van der Waals surface area contributed by atoms with Gasteiger partial charge in [-0.1, -0.05) is 29.8 Å². The highest BCUT2D eigenvalue weighted by atomic mass is 16.5. The van der Waals surface area contributed by atoms with Gasteiger partial charge in [0.25, 0.3) is 0 Å². The number of aryl methyl sites for hydroxylation is 2. The molecule has 1 aliphatic rings. The highest BCUT2D eigenvalue weighted by molar-refractivity contribution is 5.58. The molecule has 5 heteroatoms. The van der Waals surface area contributed by atoms with E-state index in [1.54, 1.807) is 21.3 Å². The summed E-state index contributed by atoms with van der Waals surface area (Å²) >= 11 is 0. The molecule has 0 radical (unpaired) electrons. The van der Waals surface area contributed by atoms with Gasteiger partial charge in [-0.3, -0.25) is 4.90 Å². The molecule has 3 aromatic rings. The number of ether oxygens (including phenoxy) is 3. The molecule has 0 aliphatic carbocycles. The number of nitrogens with zero attached hydrogens (tertiary/aromatic N) is 2. The molecule has 0 bridgehead atoms. The first-order chi connectivity index (χ1) is 14.7. The van der Waals surface area contributed by atoms with Crippen LogP contribution in [-0.4, -0.2) is 37.3 Å². The minimum absolute atomic E-state index is 0.0542. The molecule has 0 saturated carbocycles. The van der Waals surface area contributed by atoms with E-state index in [0.29, 0.717) is 11.5 Å².